The van der Waals surface area contributed by atoms with Crippen molar-refractivity contribution in [3.63, 3.8) is 0 Å². The maximum absolute atomic E-state index is 10.7. The third-order valence-corrected chi connectivity index (χ3v) is 4.55. The summed E-state index contributed by atoms with van der Waals surface area (Å²) in [5, 5.41) is 10.7. The van der Waals surface area contributed by atoms with Crippen molar-refractivity contribution in [1.82, 2.24) is 0 Å². The Kier molecular flexibility index (Phi) is 1.94. The van der Waals surface area contributed by atoms with Crippen LogP contribution in [0.5, 0.6) is 0 Å². The molecule has 0 aromatic carbocycles. The molecule has 80 valence electrons. The van der Waals surface area contributed by atoms with E-state index in [-0.39, 0.29) is 5.60 Å². The van der Waals surface area contributed by atoms with Crippen molar-refractivity contribution in [2.45, 2.75) is 75.1 Å². The van der Waals surface area contributed by atoms with Crippen LogP contribution in [0.2, 0.25) is 0 Å². The second kappa shape index (κ2) is 2.96. The molecule has 0 amide bonds. The number of hydrogen-bond donors (Lipinski definition) is 1. The fourth-order valence-corrected chi connectivity index (χ4v) is 3.65. The molecule has 0 bridgehead atoms. The maximum Gasteiger partial charge on any atom is 0.123 e. The Morgan fingerprint density at radius 1 is 0.929 bits per heavy atom. The summed E-state index contributed by atoms with van der Waals surface area (Å²) in [6.07, 6.45) is 10.9. The van der Waals surface area contributed by atoms with Gasteiger partial charge in [-0.1, -0.05) is 32.1 Å². The average Bonchev–Trinajstić information content (AvgIpc) is 2.94. The molecule has 14 heavy (non-hydrogen) atoms. The molecule has 1 heterocycles. The van der Waals surface area contributed by atoms with Gasteiger partial charge >= 0.3 is 0 Å². The number of aliphatic hydroxyl groups is 1. The lowest BCUT2D eigenvalue weighted by Gasteiger charge is -2.39. The highest BCUT2D eigenvalue weighted by molar-refractivity contribution is 5.17. The third-order valence-electron chi connectivity index (χ3n) is 4.55. The monoisotopic (exact) mass is 196 g/mol. The van der Waals surface area contributed by atoms with Gasteiger partial charge in [-0.3, -0.25) is 0 Å². The summed E-state index contributed by atoms with van der Waals surface area (Å²) in [6, 6.07) is 0. The van der Waals surface area contributed by atoms with Crippen LogP contribution in [-0.2, 0) is 4.74 Å². The Bertz CT molecular complexity index is 227. The van der Waals surface area contributed by atoms with Gasteiger partial charge in [0, 0.05) is 0 Å². The molecule has 3 rings (SSSR count). The van der Waals surface area contributed by atoms with Crippen LogP contribution in [0.4, 0.5) is 0 Å². The van der Waals surface area contributed by atoms with E-state index in [2.05, 4.69) is 0 Å². The molecule has 0 aromatic heterocycles. The molecule has 1 N–H and O–H groups in total. The van der Waals surface area contributed by atoms with Gasteiger partial charge in [-0.15, -0.1) is 0 Å². The largest absolute Gasteiger partial charge is 0.387 e. The molecular formula is C12H20O2. The Labute approximate surface area is 85.6 Å². The molecule has 2 heteroatoms. The van der Waals surface area contributed by atoms with E-state index >= 15 is 0 Å². The average molecular weight is 196 g/mol. The molecule has 0 unspecified atom stereocenters. The van der Waals surface area contributed by atoms with E-state index in [1.807, 2.05) is 0 Å². The lowest BCUT2D eigenvalue weighted by Crippen LogP contribution is -2.49. The Hall–Kier alpha value is -0.0800. The molecule has 1 saturated heterocycles. The van der Waals surface area contributed by atoms with E-state index in [4.69, 9.17) is 4.74 Å². The van der Waals surface area contributed by atoms with Crippen LogP contribution in [-0.4, -0.2) is 22.4 Å². The standard InChI is InChI=1S/C12H20O2/c13-11(7-3-1-4-8-11)12-9-5-2-6-10(12)14-12/h10,13H,1-9H2/t10-,12+/m0/s1. The molecule has 3 aliphatic rings. The van der Waals surface area contributed by atoms with Crippen LogP contribution < -0.4 is 0 Å². The summed E-state index contributed by atoms with van der Waals surface area (Å²) >= 11 is 0. The van der Waals surface area contributed by atoms with Crippen LogP contribution >= 0.6 is 0 Å². The molecular weight excluding hydrogens is 176 g/mol. The molecule has 0 aromatic rings. The topological polar surface area (TPSA) is 32.8 Å². The van der Waals surface area contributed by atoms with Crippen LogP contribution in [0.25, 0.3) is 0 Å². The second-order valence-electron chi connectivity index (χ2n) is 5.33. The smallest absolute Gasteiger partial charge is 0.123 e. The molecule has 2 aliphatic carbocycles. The molecule has 1 aliphatic heterocycles. The minimum atomic E-state index is -0.462. The van der Waals surface area contributed by atoms with Crippen molar-refractivity contribution in [3.8, 4) is 0 Å². The van der Waals surface area contributed by atoms with Crippen molar-refractivity contribution < 1.29 is 9.84 Å². The van der Waals surface area contributed by atoms with Gasteiger partial charge in [-0.05, 0) is 25.7 Å². The summed E-state index contributed by atoms with van der Waals surface area (Å²) in [4.78, 5) is 0. The van der Waals surface area contributed by atoms with Gasteiger partial charge in [0.25, 0.3) is 0 Å². The predicted molar refractivity (Wildman–Crippen MR) is 54.1 cm³/mol. The Morgan fingerprint density at radius 3 is 2.36 bits per heavy atom. The quantitative estimate of drug-likeness (QED) is 0.653. The number of hydrogen-bond acceptors (Lipinski definition) is 2. The molecule has 0 radical (unpaired) electrons. The summed E-state index contributed by atoms with van der Waals surface area (Å²) in [6.45, 7) is 0. The zero-order chi connectivity index (χ0) is 9.65. The Balaban J connectivity index is 1.80. The van der Waals surface area contributed by atoms with E-state index in [0.29, 0.717) is 6.10 Å². The van der Waals surface area contributed by atoms with Crippen LogP contribution in [0.15, 0.2) is 0 Å². The highest BCUT2D eigenvalue weighted by atomic mass is 16.6. The first kappa shape index (κ1) is 9.17. The van der Waals surface area contributed by atoms with Crippen molar-refractivity contribution >= 4 is 0 Å². The fourth-order valence-electron chi connectivity index (χ4n) is 3.65. The number of rotatable bonds is 1. The van der Waals surface area contributed by atoms with Crippen LogP contribution in [0.1, 0.15) is 57.8 Å². The van der Waals surface area contributed by atoms with Gasteiger partial charge in [-0.25, -0.2) is 0 Å². The minimum Gasteiger partial charge on any atom is -0.387 e. The van der Waals surface area contributed by atoms with E-state index in [9.17, 15) is 5.11 Å². The summed E-state index contributed by atoms with van der Waals surface area (Å²) in [5.74, 6) is 0. The van der Waals surface area contributed by atoms with Crippen LogP contribution in [0, 0.1) is 0 Å². The zero-order valence-corrected chi connectivity index (χ0v) is 8.80. The van der Waals surface area contributed by atoms with Crippen molar-refractivity contribution in [1.29, 1.82) is 0 Å². The van der Waals surface area contributed by atoms with Gasteiger partial charge in [0.1, 0.15) is 5.60 Å². The van der Waals surface area contributed by atoms with Gasteiger partial charge in [0.15, 0.2) is 0 Å². The van der Waals surface area contributed by atoms with Gasteiger partial charge in [0.2, 0.25) is 0 Å². The summed E-state index contributed by atoms with van der Waals surface area (Å²) in [5.41, 5.74) is -0.554. The maximum atomic E-state index is 10.7. The molecule has 3 fully saturated rings. The SMILES string of the molecule is OC1([C@@]23CCCC[C@@H]2O3)CCCCC1. The van der Waals surface area contributed by atoms with E-state index in [1.54, 1.807) is 0 Å². The second-order valence-corrected chi connectivity index (χ2v) is 5.33. The fraction of sp³-hybridized carbons (Fsp3) is 1.00. The van der Waals surface area contributed by atoms with Crippen molar-refractivity contribution in [2.75, 3.05) is 0 Å². The molecule has 2 nitrogen and oxygen atoms in total. The third kappa shape index (κ3) is 1.10. The van der Waals surface area contributed by atoms with Crippen molar-refractivity contribution in [2.24, 2.45) is 0 Å². The van der Waals surface area contributed by atoms with E-state index in [1.165, 1.54) is 38.5 Å². The highest BCUT2D eigenvalue weighted by Crippen LogP contribution is 2.57. The predicted octanol–water partition coefficient (Wildman–Crippen LogP) is 2.39. The van der Waals surface area contributed by atoms with E-state index in [0.717, 1.165) is 19.3 Å². The van der Waals surface area contributed by atoms with Gasteiger partial charge < -0.3 is 9.84 Å². The molecule has 0 spiro atoms. The molecule has 2 saturated carbocycles. The normalized spacial score (nSPS) is 45.6. The van der Waals surface area contributed by atoms with Gasteiger partial charge in [-0.2, -0.15) is 0 Å². The van der Waals surface area contributed by atoms with E-state index < -0.39 is 5.60 Å². The number of epoxide rings is 1. The first-order valence-electron chi connectivity index (χ1n) is 6.17. The minimum absolute atomic E-state index is 0.0916. The first-order valence-corrected chi connectivity index (χ1v) is 6.17. The first-order chi connectivity index (χ1) is 6.77. The summed E-state index contributed by atoms with van der Waals surface area (Å²) < 4.78 is 5.86. The molecule has 2 atom stereocenters. The summed E-state index contributed by atoms with van der Waals surface area (Å²) in [7, 11) is 0. The van der Waals surface area contributed by atoms with Crippen LogP contribution in [0.3, 0.4) is 0 Å². The zero-order valence-electron chi connectivity index (χ0n) is 8.80. The lowest BCUT2D eigenvalue weighted by molar-refractivity contribution is -0.0702. The highest BCUT2D eigenvalue weighted by Gasteiger charge is 2.68. The van der Waals surface area contributed by atoms with Crippen molar-refractivity contribution in [3.05, 3.63) is 0 Å². The Morgan fingerprint density at radius 2 is 1.64 bits per heavy atom. The number of fused-ring (bicyclic) bond motifs is 1. The lowest BCUT2D eigenvalue weighted by atomic mass is 9.69. The van der Waals surface area contributed by atoms with Gasteiger partial charge in [0.05, 0.1) is 11.7 Å². The number of ether oxygens (including phenoxy) is 1.